The van der Waals surface area contributed by atoms with Crippen molar-refractivity contribution in [2.45, 2.75) is 13.0 Å². The van der Waals surface area contributed by atoms with Gasteiger partial charge in [-0.05, 0) is 23.6 Å². The molecular weight excluding hydrogens is 313 g/mol. The van der Waals surface area contributed by atoms with Gasteiger partial charge in [0.25, 0.3) is 0 Å². The molecule has 5 nitrogen and oxygen atoms in total. The standard InChI is InChI=1S/C18H16FNO4/c19-15-8-4-7-13-9-14(17(21)22)10-20(16(13)15)18(23)24-11-12-5-2-1-3-6-12/h1-8,14H,9-11H2,(H,21,22). The molecule has 2 aromatic carbocycles. The number of aliphatic carboxylic acids is 1. The van der Waals surface area contributed by atoms with Gasteiger partial charge in [0.15, 0.2) is 0 Å². The van der Waals surface area contributed by atoms with Gasteiger partial charge in [-0.15, -0.1) is 0 Å². The van der Waals surface area contributed by atoms with Crippen molar-refractivity contribution in [3.8, 4) is 0 Å². The van der Waals surface area contributed by atoms with Crippen LogP contribution in [0.3, 0.4) is 0 Å². The van der Waals surface area contributed by atoms with Gasteiger partial charge in [0.05, 0.1) is 11.6 Å². The molecule has 1 aliphatic heterocycles. The number of ether oxygens (including phenoxy) is 1. The number of para-hydroxylation sites is 1. The first-order chi connectivity index (χ1) is 11.6. The number of rotatable bonds is 3. The molecule has 1 aliphatic rings. The highest BCUT2D eigenvalue weighted by atomic mass is 19.1. The normalized spacial score (nSPS) is 16.4. The fraction of sp³-hybridized carbons (Fsp3) is 0.222. The van der Waals surface area contributed by atoms with Crippen molar-refractivity contribution in [1.29, 1.82) is 0 Å². The Labute approximate surface area is 138 Å². The van der Waals surface area contributed by atoms with Gasteiger partial charge in [0.1, 0.15) is 12.4 Å². The zero-order chi connectivity index (χ0) is 17.1. The van der Waals surface area contributed by atoms with Crippen LogP contribution in [-0.2, 0) is 22.6 Å². The van der Waals surface area contributed by atoms with Crippen molar-refractivity contribution >= 4 is 17.7 Å². The molecule has 24 heavy (non-hydrogen) atoms. The average Bonchev–Trinajstić information content (AvgIpc) is 2.59. The smallest absolute Gasteiger partial charge is 0.414 e. The summed E-state index contributed by atoms with van der Waals surface area (Å²) in [5.41, 5.74) is 1.39. The minimum Gasteiger partial charge on any atom is -0.481 e. The van der Waals surface area contributed by atoms with Crippen molar-refractivity contribution in [2.24, 2.45) is 5.92 Å². The summed E-state index contributed by atoms with van der Waals surface area (Å²) in [7, 11) is 0. The predicted octanol–water partition coefficient (Wildman–Crippen LogP) is 3.23. The third-order valence-electron chi connectivity index (χ3n) is 3.98. The topological polar surface area (TPSA) is 66.8 Å². The van der Waals surface area contributed by atoms with Crippen molar-refractivity contribution in [3.05, 3.63) is 65.5 Å². The van der Waals surface area contributed by atoms with E-state index in [1.807, 2.05) is 18.2 Å². The van der Waals surface area contributed by atoms with Gasteiger partial charge in [-0.3, -0.25) is 9.69 Å². The zero-order valence-electron chi connectivity index (χ0n) is 12.8. The molecule has 0 fully saturated rings. The molecular formula is C18H16FNO4. The Hall–Kier alpha value is -2.89. The zero-order valence-corrected chi connectivity index (χ0v) is 12.8. The van der Waals surface area contributed by atoms with Gasteiger partial charge >= 0.3 is 12.1 Å². The molecule has 0 spiro atoms. The third-order valence-corrected chi connectivity index (χ3v) is 3.98. The Morgan fingerprint density at radius 3 is 2.62 bits per heavy atom. The van der Waals surface area contributed by atoms with Crippen molar-refractivity contribution in [3.63, 3.8) is 0 Å². The number of carboxylic acid groups (broad SMARTS) is 1. The molecule has 1 atom stereocenters. The molecule has 1 unspecified atom stereocenters. The van der Waals surface area contributed by atoms with Crippen molar-refractivity contribution in [1.82, 2.24) is 0 Å². The van der Waals surface area contributed by atoms with Gasteiger partial charge in [-0.1, -0.05) is 42.5 Å². The number of benzene rings is 2. The second kappa shape index (κ2) is 6.70. The number of hydrogen-bond acceptors (Lipinski definition) is 3. The number of carboxylic acids is 1. The number of halogens is 1. The van der Waals surface area contributed by atoms with E-state index in [4.69, 9.17) is 4.74 Å². The maximum absolute atomic E-state index is 14.2. The first kappa shape index (κ1) is 16.0. The second-order valence-electron chi connectivity index (χ2n) is 5.64. The molecule has 3 rings (SSSR count). The molecule has 1 N–H and O–H groups in total. The van der Waals surface area contributed by atoms with Crippen LogP contribution < -0.4 is 4.90 Å². The van der Waals surface area contributed by atoms with Crippen LogP contribution in [0.4, 0.5) is 14.9 Å². The van der Waals surface area contributed by atoms with E-state index >= 15 is 0 Å². The highest BCUT2D eigenvalue weighted by Crippen LogP contribution is 2.33. The lowest BCUT2D eigenvalue weighted by Gasteiger charge is -2.32. The summed E-state index contributed by atoms with van der Waals surface area (Å²) >= 11 is 0. The quantitative estimate of drug-likeness (QED) is 0.939. The van der Waals surface area contributed by atoms with E-state index in [2.05, 4.69) is 0 Å². The lowest BCUT2D eigenvalue weighted by atomic mass is 9.92. The van der Waals surface area contributed by atoms with Crippen LogP contribution in [0.15, 0.2) is 48.5 Å². The number of hydrogen-bond donors (Lipinski definition) is 1. The van der Waals surface area contributed by atoms with E-state index in [0.29, 0.717) is 5.56 Å². The number of nitrogens with zero attached hydrogens (tertiary/aromatic N) is 1. The van der Waals surface area contributed by atoms with Crippen LogP contribution in [0, 0.1) is 11.7 Å². The fourth-order valence-electron chi connectivity index (χ4n) is 2.80. The Kier molecular flexibility index (Phi) is 4.46. The van der Waals surface area contributed by atoms with E-state index in [-0.39, 0.29) is 25.3 Å². The van der Waals surface area contributed by atoms with Crippen molar-refractivity contribution in [2.75, 3.05) is 11.4 Å². The van der Waals surface area contributed by atoms with Gasteiger partial charge < -0.3 is 9.84 Å². The lowest BCUT2D eigenvalue weighted by Crippen LogP contribution is -2.43. The summed E-state index contributed by atoms with van der Waals surface area (Å²) in [4.78, 5) is 24.8. The molecule has 1 heterocycles. The molecule has 6 heteroatoms. The van der Waals surface area contributed by atoms with Crippen LogP contribution in [0.5, 0.6) is 0 Å². The molecule has 0 aromatic heterocycles. The minimum absolute atomic E-state index is 0.0394. The van der Waals surface area contributed by atoms with Gasteiger partial charge in [0.2, 0.25) is 0 Å². The van der Waals surface area contributed by atoms with Crippen LogP contribution >= 0.6 is 0 Å². The number of fused-ring (bicyclic) bond motifs is 1. The number of carbonyl (C=O) groups excluding carboxylic acids is 1. The third kappa shape index (κ3) is 3.22. The van der Waals surface area contributed by atoms with E-state index in [0.717, 1.165) is 10.5 Å². The largest absolute Gasteiger partial charge is 0.481 e. The SMILES string of the molecule is O=C(O)C1Cc2cccc(F)c2N(C(=O)OCc2ccccc2)C1. The summed E-state index contributed by atoms with van der Waals surface area (Å²) in [5.74, 6) is -2.37. The van der Waals surface area contributed by atoms with E-state index in [9.17, 15) is 19.1 Å². The lowest BCUT2D eigenvalue weighted by molar-refractivity contribution is -0.141. The molecule has 0 bridgehead atoms. The Balaban J connectivity index is 1.83. The van der Waals surface area contributed by atoms with Gasteiger partial charge in [-0.25, -0.2) is 9.18 Å². The Morgan fingerprint density at radius 1 is 1.17 bits per heavy atom. The molecule has 2 aromatic rings. The summed E-state index contributed by atoms with van der Waals surface area (Å²) < 4.78 is 19.4. The number of carbonyl (C=O) groups is 2. The first-order valence-electron chi connectivity index (χ1n) is 7.54. The Morgan fingerprint density at radius 2 is 1.92 bits per heavy atom. The minimum atomic E-state index is -1.02. The van der Waals surface area contributed by atoms with E-state index < -0.39 is 23.8 Å². The van der Waals surface area contributed by atoms with Crippen LogP contribution in [-0.4, -0.2) is 23.7 Å². The van der Waals surface area contributed by atoms with Crippen molar-refractivity contribution < 1.29 is 23.8 Å². The molecule has 0 radical (unpaired) electrons. The Bertz CT molecular complexity index is 763. The monoisotopic (exact) mass is 329 g/mol. The van der Waals surface area contributed by atoms with Crippen LogP contribution in [0.1, 0.15) is 11.1 Å². The molecule has 0 saturated heterocycles. The summed E-state index contributed by atoms with van der Waals surface area (Å²) in [6.07, 6.45) is -0.568. The summed E-state index contributed by atoms with van der Waals surface area (Å²) in [5, 5.41) is 9.27. The van der Waals surface area contributed by atoms with Gasteiger partial charge in [0, 0.05) is 6.54 Å². The number of anilines is 1. The fourth-order valence-corrected chi connectivity index (χ4v) is 2.80. The molecule has 0 saturated carbocycles. The maximum Gasteiger partial charge on any atom is 0.414 e. The average molecular weight is 329 g/mol. The van der Waals surface area contributed by atoms with E-state index in [1.54, 1.807) is 18.2 Å². The molecule has 0 aliphatic carbocycles. The molecule has 124 valence electrons. The second-order valence-corrected chi connectivity index (χ2v) is 5.64. The highest BCUT2D eigenvalue weighted by molar-refractivity contribution is 5.91. The van der Waals surface area contributed by atoms with E-state index in [1.165, 1.54) is 12.1 Å². The first-order valence-corrected chi connectivity index (χ1v) is 7.54. The predicted molar refractivity (Wildman–Crippen MR) is 85.2 cm³/mol. The maximum atomic E-state index is 14.2. The summed E-state index contributed by atoms with van der Waals surface area (Å²) in [6, 6.07) is 13.5. The van der Waals surface area contributed by atoms with Crippen LogP contribution in [0.25, 0.3) is 0 Å². The van der Waals surface area contributed by atoms with Gasteiger partial charge in [-0.2, -0.15) is 0 Å². The highest BCUT2D eigenvalue weighted by Gasteiger charge is 2.35. The molecule has 1 amide bonds. The summed E-state index contributed by atoms with van der Waals surface area (Å²) in [6.45, 7) is -0.0748. The van der Waals surface area contributed by atoms with Crippen LogP contribution in [0.2, 0.25) is 0 Å². The number of amides is 1.